The summed E-state index contributed by atoms with van der Waals surface area (Å²) in [5.41, 5.74) is 1.06. The number of carbonyl (C=O) groups excluding carboxylic acids is 4. The fourth-order valence-corrected chi connectivity index (χ4v) is 3.18. The van der Waals surface area contributed by atoms with Crippen LogP contribution in [0.15, 0.2) is 30.3 Å². The molecule has 3 atom stereocenters. The van der Waals surface area contributed by atoms with Crippen LogP contribution in [0.4, 0.5) is 4.79 Å². The molecule has 1 aromatic carbocycles. The summed E-state index contributed by atoms with van der Waals surface area (Å²) in [6.07, 6.45) is 1.65. The van der Waals surface area contributed by atoms with Crippen molar-refractivity contribution in [3.63, 3.8) is 0 Å². The minimum atomic E-state index is -0.830. The first-order valence-corrected chi connectivity index (χ1v) is 9.39. The maximum absolute atomic E-state index is 12.8. The Kier molecular flexibility index (Phi) is 7.69. The Morgan fingerprint density at radius 1 is 1.32 bits per heavy atom. The molecule has 152 valence electrons. The number of aldehydes is 1. The number of amides is 3. The first kappa shape index (κ1) is 21.6. The highest BCUT2D eigenvalue weighted by Gasteiger charge is 2.41. The molecule has 1 N–H and O–H groups in total. The van der Waals surface area contributed by atoms with Crippen LogP contribution in [0.3, 0.4) is 0 Å². The van der Waals surface area contributed by atoms with Gasteiger partial charge < -0.3 is 14.4 Å². The fourth-order valence-electron chi connectivity index (χ4n) is 3.18. The van der Waals surface area contributed by atoms with Crippen LogP contribution in [0.2, 0.25) is 0 Å². The summed E-state index contributed by atoms with van der Waals surface area (Å²) >= 11 is 0. The maximum atomic E-state index is 12.8. The van der Waals surface area contributed by atoms with Gasteiger partial charge in [-0.05, 0) is 32.3 Å². The van der Waals surface area contributed by atoms with E-state index in [9.17, 15) is 19.2 Å². The normalized spacial score (nSPS) is 18.7. The zero-order valence-corrected chi connectivity index (χ0v) is 16.5. The molecule has 0 radical (unpaired) electrons. The number of imide groups is 1. The van der Waals surface area contributed by atoms with Gasteiger partial charge in [0.15, 0.2) is 0 Å². The number of aryl methyl sites for hydroxylation is 1. The molecule has 2 rings (SSSR count). The maximum Gasteiger partial charge on any atom is 0.327 e. The zero-order chi connectivity index (χ0) is 20.7. The Balaban J connectivity index is 2.06. The third-order valence-electron chi connectivity index (χ3n) is 4.68. The number of ether oxygens (including phenoxy) is 1. The van der Waals surface area contributed by atoms with Gasteiger partial charge in [0.1, 0.15) is 18.4 Å². The summed E-state index contributed by atoms with van der Waals surface area (Å²) in [5, 5.41) is 2.98. The first-order chi connectivity index (χ1) is 13.4. The Bertz CT molecular complexity index is 709. The van der Waals surface area contributed by atoms with Gasteiger partial charge in [0, 0.05) is 13.6 Å². The quantitative estimate of drug-likeness (QED) is 0.500. The van der Waals surface area contributed by atoms with E-state index in [0.29, 0.717) is 19.1 Å². The van der Waals surface area contributed by atoms with E-state index >= 15 is 0 Å². The topological polar surface area (TPSA) is 96.0 Å². The van der Waals surface area contributed by atoms with Crippen LogP contribution in [0, 0.1) is 0 Å². The van der Waals surface area contributed by atoms with Gasteiger partial charge in [-0.15, -0.1) is 0 Å². The van der Waals surface area contributed by atoms with Crippen LogP contribution in [0.1, 0.15) is 25.8 Å². The molecule has 0 aromatic heterocycles. The van der Waals surface area contributed by atoms with Crippen LogP contribution in [-0.2, 0) is 25.5 Å². The van der Waals surface area contributed by atoms with E-state index in [-0.39, 0.29) is 13.2 Å². The van der Waals surface area contributed by atoms with E-state index in [0.717, 1.165) is 10.5 Å². The molecule has 0 bridgehead atoms. The lowest BCUT2D eigenvalue weighted by atomic mass is 10.0. The van der Waals surface area contributed by atoms with E-state index in [2.05, 4.69) is 5.32 Å². The molecule has 1 aliphatic heterocycles. The number of carbonyl (C=O) groups is 4. The average molecular weight is 389 g/mol. The van der Waals surface area contributed by atoms with Crippen molar-refractivity contribution < 1.29 is 23.9 Å². The number of benzene rings is 1. The molecule has 1 aromatic rings. The highest BCUT2D eigenvalue weighted by Crippen LogP contribution is 2.15. The first-order valence-electron chi connectivity index (χ1n) is 9.39. The van der Waals surface area contributed by atoms with Crippen molar-refractivity contribution in [2.24, 2.45) is 0 Å². The summed E-state index contributed by atoms with van der Waals surface area (Å²) in [6.45, 7) is 3.68. The second kappa shape index (κ2) is 9.98. The molecule has 28 heavy (non-hydrogen) atoms. The van der Waals surface area contributed by atoms with Crippen molar-refractivity contribution in [1.82, 2.24) is 15.1 Å². The highest BCUT2D eigenvalue weighted by molar-refractivity contribution is 6.01. The number of hydrogen-bond donors (Lipinski definition) is 1. The zero-order valence-electron chi connectivity index (χ0n) is 16.5. The number of nitrogens with one attached hydrogen (secondary N) is 1. The van der Waals surface area contributed by atoms with Crippen LogP contribution in [0.5, 0.6) is 0 Å². The number of hydrogen-bond acceptors (Lipinski definition) is 6. The molecule has 0 spiro atoms. The van der Waals surface area contributed by atoms with Gasteiger partial charge in [-0.2, -0.15) is 0 Å². The molecular weight excluding hydrogens is 362 g/mol. The van der Waals surface area contributed by atoms with Crippen LogP contribution in [-0.4, -0.2) is 72.3 Å². The van der Waals surface area contributed by atoms with Gasteiger partial charge >= 0.3 is 12.0 Å². The minimum absolute atomic E-state index is 0.163. The number of nitrogens with zero attached hydrogens (tertiary/aromatic N) is 2. The number of urea groups is 1. The lowest BCUT2D eigenvalue weighted by Crippen LogP contribution is -2.53. The van der Waals surface area contributed by atoms with Crippen LogP contribution < -0.4 is 5.32 Å². The highest BCUT2D eigenvalue weighted by atomic mass is 16.5. The monoisotopic (exact) mass is 389 g/mol. The molecule has 1 fully saturated rings. The molecule has 0 saturated carbocycles. The van der Waals surface area contributed by atoms with Gasteiger partial charge in [-0.25, -0.2) is 4.79 Å². The standard InChI is InChI=1S/C20H27N3O5/c1-4-28-19(26)17(11-10-15-8-6-5-7-9-15)21-14(2)18(25)23-16(13-24)12-22(3)20(23)27/h5-9,13-14,16-17,21H,4,10-12H2,1-3H3/t14-,16-,17-/m0/s1. The summed E-state index contributed by atoms with van der Waals surface area (Å²) in [6, 6.07) is 6.81. The van der Waals surface area contributed by atoms with Crippen LogP contribution >= 0.6 is 0 Å². The predicted molar refractivity (Wildman–Crippen MR) is 103 cm³/mol. The lowest BCUT2D eigenvalue weighted by Gasteiger charge is -2.25. The molecular formula is C20H27N3O5. The molecule has 1 saturated heterocycles. The van der Waals surface area contributed by atoms with Gasteiger partial charge in [0.25, 0.3) is 0 Å². The smallest absolute Gasteiger partial charge is 0.327 e. The van der Waals surface area contributed by atoms with Crippen molar-refractivity contribution in [3.05, 3.63) is 35.9 Å². The van der Waals surface area contributed by atoms with E-state index in [1.807, 2.05) is 30.3 Å². The summed E-state index contributed by atoms with van der Waals surface area (Å²) in [7, 11) is 1.53. The van der Waals surface area contributed by atoms with Gasteiger partial charge in [0.2, 0.25) is 5.91 Å². The molecule has 0 unspecified atom stereocenters. The number of likely N-dealkylation sites (N-methyl/N-ethyl adjacent to an activating group) is 1. The third-order valence-corrected chi connectivity index (χ3v) is 4.68. The van der Waals surface area contributed by atoms with E-state index in [1.165, 1.54) is 11.9 Å². The van der Waals surface area contributed by atoms with Crippen molar-refractivity contribution in [1.29, 1.82) is 0 Å². The number of esters is 1. The van der Waals surface area contributed by atoms with Gasteiger partial charge in [-0.1, -0.05) is 30.3 Å². The second-order valence-electron chi connectivity index (χ2n) is 6.79. The molecule has 0 aliphatic carbocycles. The van der Waals surface area contributed by atoms with E-state index in [1.54, 1.807) is 13.8 Å². The Morgan fingerprint density at radius 2 is 2.00 bits per heavy atom. The largest absolute Gasteiger partial charge is 0.465 e. The molecule has 8 nitrogen and oxygen atoms in total. The SMILES string of the molecule is CCOC(=O)[C@H](CCc1ccccc1)N[C@@H](C)C(=O)N1C(=O)N(C)C[C@H]1C=O. The lowest BCUT2D eigenvalue weighted by molar-refractivity contribution is -0.146. The summed E-state index contributed by atoms with van der Waals surface area (Å²) in [4.78, 5) is 50.8. The average Bonchev–Trinajstić information content (AvgIpc) is 2.99. The van der Waals surface area contributed by atoms with E-state index in [4.69, 9.17) is 4.74 Å². The van der Waals surface area contributed by atoms with Crippen molar-refractivity contribution >= 4 is 24.2 Å². The van der Waals surface area contributed by atoms with Gasteiger partial charge in [-0.3, -0.25) is 19.8 Å². The summed E-state index contributed by atoms with van der Waals surface area (Å²) in [5.74, 6) is -0.990. The van der Waals surface area contributed by atoms with Crippen molar-refractivity contribution in [2.45, 2.75) is 44.8 Å². The summed E-state index contributed by atoms with van der Waals surface area (Å²) < 4.78 is 5.12. The third kappa shape index (κ3) is 5.16. The van der Waals surface area contributed by atoms with E-state index < -0.39 is 36.0 Å². The Hall–Kier alpha value is -2.74. The molecule has 3 amide bonds. The Morgan fingerprint density at radius 3 is 2.61 bits per heavy atom. The fraction of sp³-hybridized carbons (Fsp3) is 0.500. The molecule has 8 heteroatoms. The van der Waals surface area contributed by atoms with Crippen molar-refractivity contribution in [2.75, 3.05) is 20.2 Å². The van der Waals surface area contributed by atoms with Crippen LogP contribution in [0.25, 0.3) is 0 Å². The molecule has 1 aliphatic rings. The second-order valence-corrected chi connectivity index (χ2v) is 6.79. The molecule has 1 heterocycles. The number of rotatable bonds is 9. The predicted octanol–water partition coefficient (Wildman–Crippen LogP) is 0.991. The minimum Gasteiger partial charge on any atom is -0.465 e. The van der Waals surface area contributed by atoms with Crippen molar-refractivity contribution in [3.8, 4) is 0 Å². The van der Waals surface area contributed by atoms with Gasteiger partial charge in [0.05, 0.1) is 12.6 Å². The Labute approximate surface area is 164 Å².